The summed E-state index contributed by atoms with van der Waals surface area (Å²) in [6.45, 7) is 1.51. The van der Waals surface area contributed by atoms with Crippen LogP contribution in [0.25, 0.3) is 0 Å². The molecule has 0 bridgehead atoms. The van der Waals surface area contributed by atoms with Crippen LogP contribution in [0, 0.1) is 17.1 Å². The van der Waals surface area contributed by atoms with Crippen LogP contribution < -0.4 is 5.32 Å². The Morgan fingerprint density at radius 2 is 1.96 bits per heavy atom. The third kappa shape index (κ3) is 6.03. The molecule has 1 amide bonds. The van der Waals surface area contributed by atoms with Crippen LogP contribution in [0.15, 0.2) is 29.2 Å². The highest BCUT2D eigenvalue weighted by atomic mass is 32.2. The van der Waals surface area contributed by atoms with E-state index in [9.17, 15) is 19.2 Å². The molecule has 26 heavy (non-hydrogen) atoms. The predicted molar refractivity (Wildman–Crippen MR) is 96.9 cm³/mol. The molecule has 1 aliphatic rings. The summed E-state index contributed by atoms with van der Waals surface area (Å²) in [6, 6.07) is 8.23. The van der Waals surface area contributed by atoms with Gasteiger partial charge in [0.1, 0.15) is 11.4 Å². The highest BCUT2D eigenvalue weighted by molar-refractivity contribution is 7.99. The second-order valence-electron chi connectivity index (χ2n) is 6.43. The van der Waals surface area contributed by atoms with Crippen LogP contribution in [0.2, 0.25) is 0 Å². The van der Waals surface area contributed by atoms with Crippen molar-refractivity contribution in [3.63, 3.8) is 0 Å². The molecule has 1 aromatic carbocycles. The maximum absolute atomic E-state index is 12.8. The second kappa shape index (κ2) is 9.58. The molecule has 0 aromatic heterocycles. The average Bonchev–Trinajstić information content (AvgIpc) is 2.64. The third-order valence-electron chi connectivity index (χ3n) is 4.35. The molecular weight excluding hydrogens is 355 g/mol. The van der Waals surface area contributed by atoms with Gasteiger partial charge in [0, 0.05) is 10.6 Å². The highest BCUT2D eigenvalue weighted by Gasteiger charge is 2.35. The topological polar surface area (TPSA) is 79.2 Å². The van der Waals surface area contributed by atoms with Gasteiger partial charge in [-0.3, -0.25) is 9.59 Å². The van der Waals surface area contributed by atoms with Crippen molar-refractivity contribution in [3.05, 3.63) is 30.1 Å². The fourth-order valence-electron chi connectivity index (χ4n) is 2.85. The van der Waals surface area contributed by atoms with Gasteiger partial charge in [-0.2, -0.15) is 5.26 Å². The monoisotopic (exact) mass is 378 g/mol. The first-order chi connectivity index (χ1) is 12.4. The van der Waals surface area contributed by atoms with Gasteiger partial charge in [-0.05, 0) is 44.0 Å². The van der Waals surface area contributed by atoms with Crippen molar-refractivity contribution in [2.75, 3.05) is 5.75 Å². The number of amides is 1. The number of nitrogens with zero attached hydrogens (tertiary/aromatic N) is 1. The molecule has 0 saturated heterocycles. The van der Waals surface area contributed by atoms with Crippen molar-refractivity contribution in [1.82, 2.24) is 5.32 Å². The number of ether oxygens (including phenoxy) is 1. The fraction of sp³-hybridized carbons (Fsp3) is 0.526. The van der Waals surface area contributed by atoms with Gasteiger partial charge in [-0.1, -0.05) is 19.3 Å². The number of carbonyl (C=O) groups excluding carboxylic acids is 2. The minimum atomic E-state index is -0.939. The molecule has 1 aromatic rings. The molecule has 0 heterocycles. The molecule has 1 fully saturated rings. The Kier molecular flexibility index (Phi) is 7.46. The fourth-order valence-corrected chi connectivity index (χ4v) is 3.68. The van der Waals surface area contributed by atoms with E-state index in [1.54, 1.807) is 12.1 Å². The van der Waals surface area contributed by atoms with Gasteiger partial charge in [0.05, 0.1) is 12.5 Å². The summed E-state index contributed by atoms with van der Waals surface area (Å²) in [6.07, 6.45) is 3.34. The molecular formula is C19H23FN2O3S. The van der Waals surface area contributed by atoms with E-state index in [-0.39, 0.29) is 12.2 Å². The minimum absolute atomic E-state index is 0.142. The lowest BCUT2D eigenvalue weighted by atomic mass is 9.83. The number of esters is 1. The number of hydrogen-bond donors (Lipinski definition) is 1. The van der Waals surface area contributed by atoms with Crippen molar-refractivity contribution in [2.24, 2.45) is 0 Å². The van der Waals surface area contributed by atoms with Crippen molar-refractivity contribution < 1.29 is 18.7 Å². The highest BCUT2D eigenvalue weighted by Crippen LogP contribution is 2.27. The van der Waals surface area contributed by atoms with Crippen LogP contribution in [-0.4, -0.2) is 29.3 Å². The second-order valence-corrected chi connectivity index (χ2v) is 7.60. The average molecular weight is 378 g/mol. The summed E-state index contributed by atoms with van der Waals surface area (Å²) < 4.78 is 18.0. The molecule has 1 aliphatic carbocycles. The standard InChI is InChI=1S/C19H23FN2O3S/c1-14(18(24)22-19(13-21)10-3-2-4-11-19)25-17(23)9-12-26-16-7-5-15(20)6-8-16/h5-8,14H,2-4,9-12H2,1H3,(H,22,24)/t14-/m0/s1. The van der Waals surface area contributed by atoms with Crippen LogP contribution in [0.4, 0.5) is 4.39 Å². The first kappa shape index (κ1) is 20.2. The zero-order valence-corrected chi connectivity index (χ0v) is 15.6. The number of hydrogen-bond acceptors (Lipinski definition) is 5. The Bertz CT molecular complexity index is 666. The van der Waals surface area contributed by atoms with Crippen LogP contribution in [0.1, 0.15) is 45.4 Å². The van der Waals surface area contributed by atoms with Gasteiger partial charge in [0.15, 0.2) is 6.10 Å². The zero-order valence-electron chi connectivity index (χ0n) is 14.8. The van der Waals surface area contributed by atoms with Crippen LogP contribution in [0.3, 0.4) is 0 Å². The number of benzene rings is 1. The first-order valence-corrected chi connectivity index (χ1v) is 9.74. The molecule has 140 valence electrons. The quantitative estimate of drug-likeness (QED) is 0.579. The SMILES string of the molecule is C[C@H](OC(=O)CCSc1ccc(F)cc1)C(=O)NC1(C#N)CCCCC1. The molecule has 1 N–H and O–H groups in total. The number of carbonyl (C=O) groups is 2. The largest absolute Gasteiger partial charge is 0.453 e. The zero-order chi connectivity index (χ0) is 19.0. The number of thioether (sulfide) groups is 1. The molecule has 2 rings (SSSR count). The summed E-state index contributed by atoms with van der Waals surface area (Å²) in [5.41, 5.74) is -0.839. The van der Waals surface area contributed by atoms with E-state index >= 15 is 0 Å². The smallest absolute Gasteiger partial charge is 0.307 e. The van der Waals surface area contributed by atoms with Crippen molar-refractivity contribution in [1.29, 1.82) is 5.26 Å². The van der Waals surface area contributed by atoms with Gasteiger partial charge < -0.3 is 10.1 Å². The van der Waals surface area contributed by atoms with E-state index in [2.05, 4.69) is 11.4 Å². The molecule has 0 unspecified atom stereocenters. The molecule has 0 spiro atoms. The van der Waals surface area contributed by atoms with Gasteiger partial charge in [-0.25, -0.2) is 4.39 Å². The number of rotatable bonds is 7. The van der Waals surface area contributed by atoms with E-state index < -0.39 is 23.5 Å². The molecule has 5 nitrogen and oxygen atoms in total. The normalized spacial score (nSPS) is 17.0. The lowest BCUT2D eigenvalue weighted by molar-refractivity contribution is -0.155. The lowest BCUT2D eigenvalue weighted by Gasteiger charge is -2.32. The minimum Gasteiger partial charge on any atom is -0.453 e. The van der Waals surface area contributed by atoms with E-state index in [0.29, 0.717) is 18.6 Å². The molecule has 0 radical (unpaired) electrons. The number of nitriles is 1. The lowest BCUT2D eigenvalue weighted by Crippen LogP contribution is -2.52. The Morgan fingerprint density at radius 1 is 1.31 bits per heavy atom. The van der Waals surface area contributed by atoms with Crippen LogP contribution >= 0.6 is 11.8 Å². The molecule has 7 heteroatoms. The van der Waals surface area contributed by atoms with Crippen molar-refractivity contribution >= 4 is 23.6 Å². The summed E-state index contributed by atoms with van der Waals surface area (Å²) in [5.74, 6) is -0.743. The molecule has 1 atom stereocenters. The van der Waals surface area contributed by atoms with E-state index in [0.717, 1.165) is 24.2 Å². The summed E-state index contributed by atoms with van der Waals surface area (Å²) in [7, 11) is 0. The Balaban J connectivity index is 1.74. The Hall–Kier alpha value is -2.07. The third-order valence-corrected chi connectivity index (χ3v) is 5.36. The maximum Gasteiger partial charge on any atom is 0.307 e. The van der Waals surface area contributed by atoms with E-state index in [1.165, 1.54) is 30.8 Å². The number of nitrogens with one attached hydrogen (secondary N) is 1. The molecule has 1 saturated carbocycles. The predicted octanol–water partition coefficient (Wildman–Crippen LogP) is 3.58. The van der Waals surface area contributed by atoms with Gasteiger partial charge in [0.2, 0.25) is 0 Å². The van der Waals surface area contributed by atoms with E-state index in [4.69, 9.17) is 4.74 Å². The number of halogens is 1. The molecule has 0 aliphatic heterocycles. The van der Waals surface area contributed by atoms with Crippen LogP contribution in [0.5, 0.6) is 0 Å². The maximum atomic E-state index is 12.8. The van der Waals surface area contributed by atoms with Gasteiger partial charge in [-0.15, -0.1) is 11.8 Å². The first-order valence-electron chi connectivity index (χ1n) is 8.75. The summed E-state index contributed by atoms with van der Waals surface area (Å²) >= 11 is 1.41. The van der Waals surface area contributed by atoms with Gasteiger partial charge >= 0.3 is 5.97 Å². The Morgan fingerprint density at radius 3 is 2.58 bits per heavy atom. The Labute approximate surface area is 157 Å². The van der Waals surface area contributed by atoms with Crippen LogP contribution in [-0.2, 0) is 14.3 Å². The van der Waals surface area contributed by atoms with E-state index in [1.807, 2.05) is 0 Å². The van der Waals surface area contributed by atoms with Crippen molar-refractivity contribution in [3.8, 4) is 6.07 Å². The summed E-state index contributed by atoms with van der Waals surface area (Å²) in [4.78, 5) is 25.0. The van der Waals surface area contributed by atoms with Crippen molar-refractivity contribution in [2.45, 2.75) is 62.0 Å². The van der Waals surface area contributed by atoms with Gasteiger partial charge in [0.25, 0.3) is 5.91 Å². The summed E-state index contributed by atoms with van der Waals surface area (Å²) in [5, 5.41) is 12.2.